The zero-order valence-corrected chi connectivity index (χ0v) is 17.1. The molecule has 0 fully saturated rings. The van der Waals surface area contributed by atoms with Crippen molar-refractivity contribution in [2.75, 3.05) is 10.9 Å². The highest BCUT2D eigenvalue weighted by atomic mass is 32.2. The first-order chi connectivity index (χ1) is 14.4. The number of carboxylic acid groups (broad SMARTS) is 1. The molecule has 2 unspecified atom stereocenters. The highest BCUT2D eigenvalue weighted by molar-refractivity contribution is 7.81. The van der Waals surface area contributed by atoms with E-state index >= 15 is 0 Å². The fourth-order valence-corrected chi connectivity index (χ4v) is 4.22. The Labute approximate surface area is 178 Å². The molecule has 0 aliphatic heterocycles. The number of rotatable bonds is 8. The Morgan fingerprint density at radius 3 is 2.37 bits per heavy atom. The summed E-state index contributed by atoms with van der Waals surface area (Å²) < 4.78 is 22.9. The number of aliphatic hydroxyl groups excluding tert-OH is 1. The van der Waals surface area contributed by atoms with Gasteiger partial charge in [-0.15, -0.1) is 11.3 Å². The van der Waals surface area contributed by atoms with Crippen LogP contribution in [0.5, 0.6) is 0 Å². The van der Waals surface area contributed by atoms with Gasteiger partial charge >= 0.3 is 5.97 Å². The molecule has 1 amide bonds. The molecular formula is C20H18N2O6S2. The Balaban J connectivity index is 1.83. The molecule has 8 nitrogen and oxygen atoms in total. The molecule has 30 heavy (non-hydrogen) atoms. The first kappa shape index (κ1) is 21.7. The van der Waals surface area contributed by atoms with E-state index in [-0.39, 0.29) is 5.56 Å². The average molecular weight is 447 g/mol. The molecule has 0 aliphatic carbocycles. The number of aliphatic hydroxyl groups is 1. The maximum Gasteiger partial charge on any atom is 0.328 e. The summed E-state index contributed by atoms with van der Waals surface area (Å²) in [6.45, 7) is -0.709. The van der Waals surface area contributed by atoms with E-state index in [1.807, 2.05) is 11.4 Å². The van der Waals surface area contributed by atoms with Crippen molar-refractivity contribution in [2.45, 2.75) is 6.04 Å². The summed E-state index contributed by atoms with van der Waals surface area (Å²) in [5.74, 6) is -1.94. The first-order valence-electron chi connectivity index (χ1n) is 8.70. The smallest absolute Gasteiger partial charge is 0.328 e. The van der Waals surface area contributed by atoms with Gasteiger partial charge in [0.05, 0.1) is 12.3 Å². The predicted octanol–water partition coefficient (Wildman–Crippen LogP) is 2.87. The van der Waals surface area contributed by atoms with Gasteiger partial charge in [-0.25, -0.2) is 13.3 Å². The Morgan fingerprint density at radius 2 is 1.80 bits per heavy atom. The van der Waals surface area contributed by atoms with Crippen LogP contribution in [-0.4, -0.2) is 43.5 Å². The first-order valence-corrected chi connectivity index (χ1v) is 10.6. The van der Waals surface area contributed by atoms with Crippen LogP contribution in [0.3, 0.4) is 0 Å². The fraction of sp³-hybridized carbons (Fsp3) is 0.100. The molecule has 0 bridgehead atoms. The van der Waals surface area contributed by atoms with Crippen molar-refractivity contribution in [3.8, 4) is 11.1 Å². The average Bonchev–Trinajstić information content (AvgIpc) is 3.26. The van der Waals surface area contributed by atoms with Gasteiger partial charge in [-0.2, -0.15) is 0 Å². The summed E-state index contributed by atoms with van der Waals surface area (Å²) >= 11 is -0.908. The molecular weight excluding hydrogens is 428 g/mol. The standard InChI is InChI=1S/C20H18N2O6S2/c23-12-17(20(25)26)21-19(24)14-8-6-13(7-9-14)15-3-1-4-16(11-15)22(30(27)28)18-5-2-10-29-18/h1-11,17,23H,12H2,(H,21,24)(H,25,26)(H,27,28). The molecule has 2 aromatic carbocycles. The van der Waals surface area contributed by atoms with Crippen LogP contribution in [-0.2, 0) is 16.1 Å². The molecule has 3 aromatic rings. The minimum atomic E-state index is -2.25. The van der Waals surface area contributed by atoms with Crippen molar-refractivity contribution in [1.29, 1.82) is 0 Å². The van der Waals surface area contributed by atoms with Crippen LogP contribution in [0.25, 0.3) is 11.1 Å². The monoisotopic (exact) mass is 446 g/mol. The van der Waals surface area contributed by atoms with Crippen LogP contribution < -0.4 is 9.62 Å². The second-order valence-electron chi connectivity index (χ2n) is 6.15. The molecule has 0 aliphatic rings. The number of carbonyl (C=O) groups is 2. The Bertz CT molecular complexity index is 1050. The fourth-order valence-electron chi connectivity index (χ4n) is 2.73. The summed E-state index contributed by atoms with van der Waals surface area (Å²) in [4.78, 5) is 23.1. The van der Waals surface area contributed by atoms with Crippen LogP contribution in [0, 0.1) is 0 Å². The third-order valence-electron chi connectivity index (χ3n) is 4.21. The van der Waals surface area contributed by atoms with E-state index in [0.29, 0.717) is 10.7 Å². The summed E-state index contributed by atoms with van der Waals surface area (Å²) in [6.07, 6.45) is 0. The van der Waals surface area contributed by atoms with E-state index < -0.39 is 35.8 Å². The number of hydrogen-bond acceptors (Lipinski definition) is 5. The van der Waals surface area contributed by atoms with E-state index in [9.17, 15) is 18.4 Å². The second-order valence-corrected chi connectivity index (χ2v) is 7.90. The maximum absolute atomic E-state index is 12.2. The molecule has 0 radical (unpaired) electrons. The van der Waals surface area contributed by atoms with Gasteiger partial charge in [0.1, 0.15) is 5.00 Å². The zero-order chi connectivity index (χ0) is 21.7. The van der Waals surface area contributed by atoms with Gasteiger partial charge < -0.3 is 15.5 Å². The molecule has 10 heteroatoms. The third kappa shape index (κ3) is 4.92. The highest BCUT2D eigenvalue weighted by Gasteiger charge is 2.20. The number of carbonyl (C=O) groups excluding carboxylic acids is 1. The summed E-state index contributed by atoms with van der Waals surface area (Å²) in [5, 5.41) is 22.6. The van der Waals surface area contributed by atoms with Crippen LogP contribution in [0.2, 0.25) is 0 Å². The van der Waals surface area contributed by atoms with Crippen molar-refractivity contribution >= 4 is 45.2 Å². The van der Waals surface area contributed by atoms with Crippen LogP contribution in [0.4, 0.5) is 10.7 Å². The summed E-state index contributed by atoms with van der Waals surface area (Å²) in [5.41, 5.74) is 2.31. The van der Waals surface area contributed by atoms with Crippen molar-refractivity contribution in [1.82, 2.24) is 5.32 Å². The van der Waals surface area contributed by atoms with E-state index in [2.05, 4.69) is 5.32 Å². The Kier molecular flexibility index (Phi) is 6.95. The molecule has 0 spiro atoms. The number of thiophene rings is 1. The van der Waals surface area contributed by atoms with Crippen LogP contribution in [0.15, 0.2) is 66.0 Å². The number of benzene rings is 2. The quantitative estimate of drug-likeness (QED) is 0.394. The number of carboxylic acids is 1. The molecule has 156 valence electrons. The number of nitrogens with zero attached hydrogens (tertiary/aromatic N) is 1. The Hall–Kier alpha value is -3.05. The predicted molar refractivity (Wildman–Crippen MR) is 115 cm³/mol. The van der Waals surface area contributed by atoms with Gasteiger partial charge in [0, 0.05) is 5.56 Å². The van der Waals surface area contributed by atoms with Crippen molar-refractivity contribution in [3.05, 3.63) is 71.6 Å². The minimum absolute atomic E-state index is 0.242. The lowest BCUT2D eigenvalue weighted by Gasteiger charge is -2.18. The molecule has 1 heterocycles. The third-order valence-corrected chi connectivity index (χ3v) is 5.90. The van der Waals surface area contributed by atoms with Crippen LogP contribution in [0.1, 0.15) is 10.4 Å². The zero-order valence-electron chi connectivity index (χ0n) is 15.5. The molecule has 4 N–H and O–H groups in total. The molecule has 0 saturated heterocycles. The number of hydrogen-bond donors (Lipinski definition) is 4. The lowest BCUT2D eigenvalue weighted by Crippen LogP contribution is -2.43. The van der Waals surface area contributed by atoms with E-state index in [1.165, 1.54) is 27.8 Å². The van der Waals surface area contributed by atoms with E-state index in [1.54, 1.807) is 42.5 Å². The number of aliphatic carboxylic acids is 1. The normalized spacial score (nSPS) is 12.7. The van der Waals surface area contributed by atoms with E-state index in [0.717, 1.165) is 11.1 Å². The van der Waals surface area contributed by atoms with Gasteiger partial charge in [0.2, 0.25) is 0 Å². The Morgan fingerprint density at radius 1 is 1.07 bits per heavy atom. The molecule has 0 saturated carbocycles. The van der Waals surface area contributed by atoms with Crippen LogP contribution >= 0.6 is 11.3 Å². The number of amides is 1. The molecule has 3 rings (SSSR count). The highest BCUT2D eigenvalue weighted by Crippen LogP contribution is 2.33. The van der Waals surface area contributed by atoms with Gasteiger partial charge in [0.15, 0.2) is 6.04 Å². The van der Waals surface area contributed by atoms with Gasteiger partial charge in [0.25, 0.3) is 17.2 Å². The number of anilines is 2. The maximum atomic E-state index is 12.2. The van der Waals surface area contributed by atoms with Gasteiger partial charge in [-0.05, 0) is 52.9 Å². The second kappa shape index (κ2) is 9.63. The number of nitrogens with one attached hydrogen (secondary N) is 1. The lowest BCUT2D eigenvalue weighted by molar-refractivity contribution is -0.140. The lowest BCUT2D eigenvalue weighted by atomic mass is 10.0. The summed E-state index contributed by atoms with van der Waals surface area (Å²) in [6, 6.07) is 15.7. The topological polar surface area (TPSA) is 127 Å². The van der Waals surface area contributed by atoms with Crippen molar-refractivity contribution in [3.63, 3.8) is 0 Å². The largest absolute Gasteiger partial charge is 0.480 e. The SMILES string of the molecule is O=C(NC(CO)C(=O)O)c1ccc(-c2cccc(N(c3cccs3)S(=O)O)c2)cc1. The molecule has 1 aromatic heterocycles. The van der Waals surface area contributed by atoms with Crippen molar-refractivity contribution in [2.24, 2.45) is 0 Å². The van der Waals surface area contributed by atoms with Gasteiger partial charge in [-0.3, -0.25) is 9.35 Å². The molecule has 2 atom stereocenters. The van der Waals surface area contributed by atoms with Gasteiger partial charge in [-0.1, -0.05) is 24.3 Å². The summed E-state index contributed by atoms with van der Waals surface area (Å²) in [7, 11) is 0. The van der Waals surface area contributed by atoms with Crippen molar-refractivity contribution < 1.29 is 28.6 Å². The minimum Gasteiger partial charge on any atom is -0.480 e. The van der Waals surface area contributed by atoms with E-state index in [4.69, 9.17) is 10.2 Å².